The van der Waals surface area contributed by atoms with E-state index in [1.165, 1.54) is 0 Å². The highest BCUT2D eigenvalue weighted by molar-refractivity contribution is 7.89. The lowest BCUT2D eigenvalue weighted by atomic mass is 9.97. The van der Waals surface area contributed by atoms with Crippen LogP contribution >= 0.6 is 0 Å². The number of piperidine rings is 1. The van der Waals surface area contributed by atoms with Crippen LogP contribution in [-0.2, 0) is 16.6 Å². The van der Waals surface area contributed by atoms with Gasteiger partial charge in [-0.15, -0.1) is 0 Å². The van der Waals surface area contributed by atoms with Crippen molar-refractivity contribution in [2.24, 2.45) is 0 Å². The van der Waals surface area contributed by atoms with E-state index < -0.39 is 10.0 Å². The second-order valence-corrected chi connectivity index (χ2v) is 8.71. The van der Waals surface area contributed by atoms with Gasteiger partial charge in [0.15, 0.2) is 0 Å². The molecule has 0 amide bonds. The predicted molar refractivity (Wildman–Crippen MR) is 97.8 cm³/mol. The number of hydrogen-bond donors (Lipinski definition) is 0. The molecular formula is C18H26N4O2S. The van der Waals surface area contributed by atoms with E-state index in [4.69, 9.17) is 0 Å². The van der Waals surface area contributed by atoms with E-state index in [0.29, 0.717) is 19.0 Å². The van der Waals surface area contributed by atoms with E-state index >= 15 is 0 Å². The summed E-state index contributed by atoms with van der Waals surface area (Å²) in [5.41, 5.74) is 1.14. The molecule has 0 atom stereocenters. The summed E-state index contributed by atoms with van der Waals surface area (Å²) in [6.07, 6.45) is 10.8. The van der Waals surface area contributed by atoms with Crippen LogP contribution in [0.15, 0.2) is 36.9 Å². The minimum Gasteiger partial charge on any atom is -0.330 e. The molecule has 3 heterocycles. The largest absolute Gasteiger partial charge is 0.330 e. The summed E-state index contributed by atoms with van der Waals surface area (Å²) in [5.74, 6) is 1.63. The molecule has 1 aliphatic rings. The van der Waals surface area contributed by atoms with Gasteiger partial charge < -0.3 is 4.57 Å². The number of rotatable bonds is 7. The second-order valence-electron chi connectivity index (χ2n) is 6.62. The third-order valence-electron chi connectivity index (χ3n) is 4.79. The average molecular weight is 362 g/mol. The Morgan fingerprint density at radius 1 is 1.24 bits per heavy atom. The fraction of sp³-hybridized carbons (Fsp3) is 0.556. The highest BCUT2D eigenvalue weighted by Crippen LogP contribution is 2.28. The summed E-state index contributed by atoms with van der Waals surface area (Å²) in [6, 6.07) is 3.99. The summed E-state index contributed by atoms with van der Waals surface area (Å²) >= 11 is 0. The van der Waals surface area contributed by atoms with E-state index in [-0.39, 0.29) is 5.75 Å². The van der Waals surface area contributed by atoms with E-state index in [0.717, 1.165) is 43.6 Å². The number of aromatic nitrogens is 3. The quantitative estimate of drug-likeness (QED) is 0.759. The van der Waals surface area contributed by atoms with Gasteiger partial charge in [-0.1, -0.05) is 19.4 Å². The zero-order valence-electron chi connectivity index (χ0n) is 14.7. The van der Waals surface area contributed by atoms with Crippen molar-refractivity contribution in [2.45, 2.75) is 45.1 Å². The topological polar surface area (TPSA) is 68.1 Å². The number of nitrogens with zero attached hydrogens (tertiary/aromatic N) is 4. The number of imidazole rings is 1. The van der Waals surface area contributed by atoms with Crippen molar-refractivity contribution in [3.63, 3.8) is 0 Å². The average Bonchev–Trinajstić information content (AvgIpc) is 3.09. The Hall–Kier alpha value is -1.73. The summed E-state index contributed by atoms with van der Waals surface area (Å²) in [7, 11) is -3.10. The first kappa shape index (κ1) is 18.1. The lowest BCUT2D eigenvalue weighted by Gasteiger charge is -2.31. The highest BCUT2D eigenvalue weighted by Gasteiger charge is 2.29. The van der Waals surface area contributed by atoms with Crippen molar-refractivity contribution >= 4 is 10.0 Å². The molecule has 7 heteroatoms. The predicted octanol–water partition coefficient (Wildman–Crippen LogP) is 2.64. The summed E-state index contributed by atoms with van der Waals surface area (Å²) in [5, 5.41) is 0. The smallest absolute Gasteiger partial charge is 0.214 e. The maximum atomic E-state index is 12.3. The maximum absolute atomic E-state index is 12.3. The van der Waals surface area contributed by atoms with Crippen LogP contribution in [-0.4, -0.2) is 46.1 Å². The molecule has 2 aromatic rings. The van der Waals surface area contributed by atoms with Crippen molar-refractivity contribution in [1.29, 1.82) is 0 Å². The van der Waals surface area contributed by atoms with Crippen molar-refractivity contribution in [3.05, 3.63) is 48.3 Å². The minimum absolute atomic E-state index is 0.268. The Morgan fingerprint density at radius 2 is 2.04 bits per heavy atom. The minimum atomic E-state index is -3.10. The first-order valence-electron chi connectivity index (χ1n) is 8.98. The zero-order chi connectivity index (χ0) is 17.7. The second kappa shape index (κ2) is 8.10. The summed E-state index contributed by atoms with van der Waals surface area (Å²) < 4.78 is 28.5. The number of pyridine rings is 1. The first-order valence-corrected chi connectivity index (χ1v) is 10.6. The van der Waals surface area contributed by atoms with Crippen molar-refractivity contribution in [2.75, 3.05) is 18.8 Å². The molecule has 0 saturated carbocycles. The van der Waals surface area contributed by atoms with Gasteiger partial charge in [0.05, 0.1) is 12.3 Å². The molecule has 0 bridgehead atoms. The molecule has 3 rings (SSSR count). The van der Waals surface area contributed by atoms with Gasteiger partial charge in [-0.25, -0.2) is 17.7 Å². The molecule has 0 radical (unpaired) electrons. The van der Waals surface area contributed by atoms with Gasteiger partial charge in [0.2, 0.25) is 10.0 Å². The van der Waals surface area contributed by atoms with Crippen molar-refractivity contribution in [1.82, 2.24) is 18.8 Å². The molecule has 1 fully saturated rings. The van der Waals surface area contributed by atoms with Gasteiger partial charge in [-0.2, -0.15) is 0 Å². The molecule has 2 aromatic heterocycles. The van der Waals surface area contributed by atoms with Crippen LogP contribution in [0.1, 0.15) is 49.9 Å². The lowest BCUT2D eigenvalue weighted by Crippen LogP contribution is -2.39. The Labute approximate surface area is 150 Å². The Morgan fingerprint density at radius 3 is 2.72 bits per heavy atom. The van der Waals surface area contributed by atoms with Gasteiger partial charge in [0.1, 0.15) is 5.82 Å². The maximum Gasteiger partial charge on any atom is 0.214 e. The van der Waals surface area contributed by atoms with Crippen LogP contribution in [0.2, 0.25) is 0 Å². The van der Waals surface area contributed by atoms with Crippen LogP contribution in [0.25, 0.3) is 0 Å². The molecule has 1 saturated heterocycles. The third kappa shape index (κ3) is 4.46. The molecule has 136 valence electrons. The first-order chi connectivity index (χ1) is 12.1. The SMILES string of the molecule is CCCCS(=O)(=O)N1CCC(c2nccn2Cc2cccnc2)CC1. The van der Waals surface area contributed by atoms with Gasteiger partial charge in [0, 0.05) is 43.8 Å². The number of sulfonamides is 1. The molecule has 0 spiro atoms. The van der Waals surface area contributed by atoms with Crippen LogP contribution in [0.5, 0.6) is 0 Å². The molecule has 1 aliphatic heterocycles. The molecule has 0 aromatic carbocycles. The van der Waals surface area contributed by atoms with Crippen LogP contribution < -0.4 is 0 Å². The normalized spacial score (nSPS) is 17.0. The van der Waals surface area contributed by atoms with Crippen LogP contribution in [0.3, 0.4) is 0 Å². The van der Waals surface area contributed by atoms with E-state index in [1.807, 2.05) is 31.6 Å². The van der Waals surface area contributed by atoms with Crippen LogP contribution in [0, 0.1) is 0 Å². The molecule has 25 heavy (non-hydrogen) atoms. The standard InChI is InChI=1S/C18H26N4O2S/c1-2-3-13-25(23,24)22-10-6-17(7-11-22)18-20-9-12-21(18)15-16-5-4-8-19-14-16/h4-5,8-9,12,14,17H,2-3,6-7,10-11,13,15H2,1H3. The number of hydrogen-bond acceptors (Lipinski definition) is 4. The molecule has 6 nitrogen and oxygen atoms in total. The van der Waals surface area contributed by atoms with E-state index in [2.05, 4.69) is 20.6 Å². The Balaban J connectivity index is 1.63. The monoisotopic (exact) mass is 362 g/mol. The van der Waals surface area contributed by atoms with E-state index in [1.54, 1.807) is 10.5 Å². The molecular weight excluding hydrogens is 336 g/mol. The molecule has 0 unspecified atom stereocenters. The lowest BCUT2D eigenvalue weighted by molar-refractivity contribution is 0.310. The Bertz CT molecular complexity index is 765. The fourth-order valence-corrected chi connectivity index (χ4v) is 5.03. The highest BCUT2D eigenvalue weighted by atomic mass is 32.2. The summed E-state index contributed by atoms with van der Waals surface area (Å²) in [6.45, 7) is 3.95. The van der Waals surface area contributed by atoms with E-state index in [9.17, 15) is 8.42 Å². The van der Waals surface area contributed by atoms with Gasteiger partial charge >= 0.3 is 0 Å². The number of unbranched alkanes of at least 4 members (excludes halogenated alkanes) is 1. The van der Waals surface area contributed by atoms with Gasteiger partial charge in [-0.05, 0) is 30.9 Å². The van der Waals surface area contributed by atoms with Crippen LogP contribution in [0.4, 0.5) is 0 Å². The molecule has 0 N–H and O–H groups in total. The van der Waals surface area contributed by atoms with Gasteiger partial charge in [0.25, 0.3) is 0 Å². The van der Waals surface area contributed by atoms with Crippen molar-refractivity contribution in [3.8, 4) is 0 Å². The van der Waals surface area contributed by atoms with Crippen molar-refractivity contribution < 1.29 is 8.42 Å². The third-order valence-corrected chi connectivity index (χ3v) is 6.75. The fourth-order valence-electron chi connectivity index (χ4n) is 3.35. The molecule has 0 aliphatic carbocycles. The summed E-state index contributed by atoms with van der Waals surface area (Å²) in [4.78, 5) is 8.71. The zero-order valence-corrected chi connectivity index (χ0v) is 15.5. The Kier molecular flexibility index (Phi) is 5.86. The van der Waals surface area contributed by atoms with Gasteiger partial charge in [-0.3, -0.25) is 4.98 Å².